The molecule has 10 heteroatoms. The van der Waals surface area contributed by atoms with Crippen molar-refractivity contribution in [3.63, 3.8) is 0 Å². The summed E-state index contributed by atoms with van der Waals surface area (Å²) in [4.78, 5) is 23.2. The zero-order valence-corrected chi connectivity index (χ0v) is 20.7. The molecule has 162 valence electrons. The molecule has 0 amide bonds. The van der Waals surface area contributed by atoms with Gasteiger partial charge in [0.15, 0.2) is 11.5 Å². The summed E-state index contributed by atoms with van der Waals surface area (Å²) in [7, 11) is 0. The molecular formula is C20H17BrCl4O5. The molecule has 0 radical (unpaired) electrons. The number of benzene rings is 2. The number of alkyl halides is 1. The van der Waals surface area contributed by atoms with E-state index in [1.54, 1.807) is 38.1 Å². The molecule has 0 aromatic heterocycles. The molecule has 2 bridgehead atoms. The van der Waals surface area contributed by atoms with Crippen LogP contribution in [0.5, 0.6) is 17.2 Å². The number of hydrogen-bond acceptors (Lipinski definition) is 5. The van der Waals surface area contributed by atoms with E-state index in [9.17, 15) is 9.59 Å². The lowest BCUT2D eigenvalue weighted by molar-refractivity contribution is -0.147. The minimum absolute atomic E-state index is 0.0268. The lowest BCUT2D eigenvalue weighted by Gasteiger charge is -2.25. The van der Waals surface area contributed by atoms with Crippen LogP contribution in [0, 0.1) is 5.41 Å². The van der Waals surface area contributed by atoms with Crippen molar-refractivity contribution in [1.82, 2.24) is 0 Å². The maximum atomic E-state index is 12.3. The van der Waals surface area contributed by atoms with Gasteiger partial charge in [-0.2, -0.15) is 0 Å². The van der Waals surface area contributed by atoms with Crippen LogP contribution in [0.3, 0.4) is 0 Å². The standard InChI is InChI=1S/C14H15BrCl2O4.C6H2Cl2O/c1-8(18)20-7-14(2,3)12(19)13(15)21-11-5-4-9(16)6-10(11)17;7-3-1-2-4-5(8)6(3)9-4/h4-6,13H,7H2,1-3H3;1-2H. The topological polar surface area (TPSA) is 61.8 Å². The molecule has 30 heavy (non-hydrogen) atoms. The molecule has 2 heterocycles. The van der Waals surface area contributed by atoms with Gasteiger partial charge in [0.2, 0.25) is 5.01 Å². The Morgan fingerprint density at radius 1 is 1.10 bits per heavy atom. The third-order valence-corrected chi connectivity index (χ3v) is 5.65. The maximum Gasteiger partial charge on any atom is 0.302 e. The molecule has 0 N–H and O–H groups in total. The van der Waals surface area contributed by atoms with Crippen molar-refractivity contribution in [3.05, 3.63) is 50.4 Å². The van der Waals surface area contributed by atoms with Gasteiger partial charge in [0.1, 0.15) is 23.1 Å². The van der Waals surface area contributed by atoms with E-state index in [1.165, 1.54) is 13.0 Å². The molecule has 2 aliphatic rings. The monoisotopic (exact) mass is 556 g/mol. The van der Waals surface area contributed by atoms with Gasteiger partial charge in [0.05, 0.1) is 15.5 Å². The number of Topliss-reactive ketones (excluding diaryl/α,β-unsaturated/α-hetero) is 1. The smallest absolute Gasteiger partial charge is 0.302 e. The Kier molecular flexibility index (Phi) is 8.71. The van der Waals surface area contributed by atoms with E-state index in [4.69, 9.17) is 60.6 Å². The van der Waals surface area contributed by atoms with Crippen molar-refractivity contribution in [1.29, 1.82) is 0 Å². The van der Waals surface area contributed by atoms with Crippen LogP contribution >= 0.6 is 62.3 Å². The molecule has 0 aliphatic carbocycles. The number of carbonyl (C=O) groups is 2. The van der Waals surface area contributed by atoms with Gasteiger partial charge in [-0.1, -0.05) is 46.4 Å². The van der Waals surface area contributed by atoms with Crippen molar-refractivity contribution < 1.29 is 23.8 Å². The maximum absolute atomic E-state index is 12.3. The highest BCUT2D eigenvalue weighted by Gasteiger charge is 2.35. The molecule has 0 spiro atoms. The van der Waals surface area contributed by atoms with Gasteiger partial charge in [-0.3, -0.25) is 9.59 Å². The fraction of sp³-hybridized carbons (Fsp3) is 0.300. The highest BCUT2D eigenvalue weighted by molar-refractivity contribution is 9.09. The SMILES string of the molecule is CC(=O)OCC(C)(C)C(=O)C(Br)Oc1ccc(Cl)cc1Cl.Clc1ccc2c(Cl)c1O2. The summed E-state index contributed by atoms with van der Waals surface area (Å²) in [6.07, 6.45) is 0. The first-order valence-corrected chi connectivity index (χ1v) is 10.9. The summed E-state index contributed by atoms with van der Waals surface area (Å²) in [5.41, 5.74) is -0.890. The van der Waals surface area contributed by atoms with Crippen molar-refractivity contribution in [2.75, 3.05) is 6.61 Å². The van der Waals surface area contributed by atoms with Crippen molar-refractivity contribution in [2.24, 2.45) is 5.41 Å². The van der Waals surface area contributed by atoms with Gasteiger partial charge in [-0.25, -0.2) is 0 Å². The Morgan fingerprint density at radius 3 is 2.23 bits per heavy atom. The first-order chi connectivity index (χ1) is 13.9. The van der Waals surface area contributed by atoms with Crippen LogP contribution in [-0.4, -0.2) is 23.4 Å². The fourth-order valence-corrected chi connectivity index (χ4v) is 3.91. The lowest BCUT2D eigenvalue weighted by atomic mass is 9.89. The summed E-state index contributed by atoms with van der Waals surface area (Å²) in [6, 6.07) is 8.22. The van der Waals surface area contributed by atoms with E-state index in [0.717, 1.165) is 5.75 Å². The van der Waals surface area contributed by atoms with Crippen LogP contribution in [-0.2, 0) is 14.3 Å². The third kappa shape index (κ3) is 6.41. The zero-order chi connectivity index (χ0) is 22.6. The van der Waals surface area contributed by atoms with Gasteiger partial charge < -0.3 is 14.2 Å². The lowest BCUT2D eigenvalue weighted by Crippen LogP contribution is -2.38. The number of fused-ring (bicyclic) bond motifs is 2. The van der Waals surface area contributed by atoms with Crippen molar-refractivity contribution in [3.8, 4) is 17.2 Å². The number of rotatable bonds is 6. The van der Waals surface area contributed by atoms with E-state index >= 15 is 0 Å². The van der Waals surface area contributed by atoms with E-state index in [0.29, 0.717) is 31.6 Å². The Labute approximate surface area is 202 Å². The molecule has 2 aliphatic heterocycles. The predicted octanol–water partition coefficient (Wildman–Crippen LogP) is 7.35. The van der Waals surface area contributed by atoms with Crippen LogP contribution in [0.4, 0.5) is 0 Å². The van der Waals surface area contributed by atoms with Gasteiger partial charge >= 0.3 is 5.97 Å². The minimum atomic E-state index is -0.915. The summed E-state index contributed by atoms with van der Waals surface area (Å²) < 4.78 is 15.4. The Hall–Kier alpha value is -1.18. The summed E-state index contributed by atoms with van der Waals surface area (Å²) in [5.74, 6) is 0.949. The van der Waals surface area contributed by atoms with Gasteiger partial charge in [-0.15, -0.1) is 0 Å². The quantitative estimate of drug-likeness (QED) is 0.234. The second-order valence-electron chi connectivity index (χ2n) is 6.83. The van der Waals surface area contributed by atoms with E-state index < -0.39 is 16.4 Å². The first kappa shape index (κ1) is 25.1. The van der Waals surface area contributed by atoms with Gasteiger partial charge in [-0.05, 0) is 60.1 Å². The normalized spacial score (nSPS) is 12.5. The van der Waals surface area contributed by atoms with Crippen LogP contribution in [0.2, 0.25) is 20.1 Å². The second-order valence-corrected chi connectivity index (χ2v) is 9.29. The largest absolute Gasteiger partial charge is 0.470 e. The number of halogens is 5. The van der Waals surface area contributed by atoms with E-state index in [1.807, 2.05) is 0 Å². The van der Waals surface area contributed by atoms with Gasteiger partial charge in [0.25, 0.3) is 0 Å². The van der Waals surface area contributed by atoms with E-state index in [-0.39, 0.29) is 12.4 Å². The average molecular weight is 559 g/mol. The Balaban J connectivity index is 0.000000290. The highest BCUT2D eigenvalue weighted by atomic mass is 79.9. The summed E-state index contributed by atoms with van der Waals surface area (Å²) in [6.45, 7) is 4.59. The molecular weight excluding hydrogens is 542 g/mol. The summed E-state index contributed by atoms with van der Waals surface area (Å²) >= 11 is 26.3. The molecule has 0 saturated heterocycles. The van der Waals surface area contributed by atoms with Crippen LogP contribution in [0.25, 0.3) is 0 Å². The first-order valence-electron chi connectivity index (χ1n) is 8.51. The second kappa shape index (κ2) is 10.4. The van der Waals surface area contributed by atoms with Crippen LogP contribution in [0.1, 0.15) is 20.8 Å². The molecule has 2 aromatic rings. The predicted molar refractivity (Wildman–Crippen MR) is 122 cm³/mol. The molecule has 1 atom stereocenters. The number of ketones is 1. The fourth-order valence-electron chi connectivity index (χ4n) is 2.15. The van der Waals surface area contributed by atoms with Crippen molar-refractivity contribution in [2.45, 2.75) is 25.8 Å². The molecule has 2 aromatic carbocycles. The number of ether oxygens (including phenoxy) is 3. The van der Waals surface area contributed by atoms with Gasteiger partial charge in [0, 0.05) is 11.9 Å². The van der Waals surface area contributed by atoms with Crippen molar-refractivity contribution >= 4 is 74.1 Å². The average Bonchev–Trinajstić information content (AvgIpc) is 2.67. The molecule has 0 saturated carbocycles. The van der Waals surface area contributed by atoms with Crippen LogP contribution < -0.4 is 9.47 Å². The third-order valence-electron chi connectivity index (χ3n) is 3.86. The highest BCUT2D eigenvalue weighted by Crippen LogP contribution is 2.50. The zero-order valence-electron chi connectivity index (χ0n) is 16.1. The summed E-state index contributed by atoms with van der Waals surface area (Å²) in [5, 5.41) is 1.08. The molecule has 5 nitrogen and oxygen atoms in total. The molecule has 1 unspecified atom stereocenters. The number of esters is 1. The van der Waals surface area contributed by atoms with E-state index in [2.05, 4.69) is 15.9 Å². The number of carbonyl (C=O) groups excluding carboxylic acids is 2. The Bertz CT molecular complexity index is 958. The minimum Gasteiger partial charge on any atom is -0.470 e. The van der Waals surface area contributed by atoms with Crippen LogP contribution in [0.15, 0.2) is 30.3 Å². The molecule has 4 rings (SSSR count). The Morgan fingerprint density at radius 2 is 1.77 bits per heavy atom. The molecule has 0 fully saturated rings. The number of hydrogen-bond donors (Lipinski definition) is 0.